The van der Waals surface area contributed by atoms with Crippen LogP contribution in [0, 0.1) is 0 Å². The highest BCUT2D eigenvalue weighted by Gasteiger charge is 2.07. The highest BCUT2D eigenvalue weighted by atomic mass is 16.5. The second kappa shape index (κ2) is 6.28. The third kappa shape index (κ3) is 2.90. The van der Waals surface area contributed by atoms with E-state index >= 15 is 0 Å². The molecule has 0 aliphatic carbocycles. The van der Waals surface area contributed by atoms with Gasteiger partial charge in [0.05, 0.1) is 7.11 Å². The summed E-state index contributed by atoms with van der Waals surface area (Å²) < 4.78 is 5.44. The molecule has 0 aliphatic heterocycles. The summed E-state index contributed by atoms with van der Waals surface area (Å²) in [4.78, 5) is 2.35. The SMILES string of the molecule is CCN(CC)c1cccc(-c2ccccc2OC)c1. The minimum Gasteiger partial charge on any atom is -0.496 e. The minimum atomic E-state index is 0.916. The van der Waals surface area contributed by atoms with Gasteiger partial charge in [0.25, 0.3) is 0 Å². The van der Waals surface area contributed by atoms with Crippen LogP contribution < -0.4 is 9.64 Å². The molecule has 0 spiro atoms. The highest BCUT2D eigenvalue weighted by molar-refractivity contribution is 5.73. The number of methoxy groups -OCH3 is 1. The zero-order valence-corrected chi connectivity index (χ0v) is 11.9. The van der Waals surface area contributed by atoms with Gasteiger partial charge in [0.15, 0.2) is 0 Å². The van der Waals surface area contributed by atoms with E-state index in [1.807, 2.05) is 18.2 Å². The molecule has 0 heterocycles. The Morgan fingerprint density at radius 2 is 1.68 bits per heavy atom. The van der Waals surface area contributed by atoms with Crippen LogP contribution >= 0.6 is 0 Å². The molecule has 0 saturated carbocycles. The average Bonchev–Trinajstić information content (AvgIpc) is 2.49. The van der Waals surface area contributed by atoms with E-state index in [0.29, 0.717) is 0 Å². The third-order valence-corrected chi connectivity index (χ3v) is 3.39. The molecule has 0 radical (unpaired) electrons. The van der Waals surface area contributed by atoms with Crippen molar-refractivity contribution in [1.82, 2.24) is 0 Å². The van der Waals surface area contributed by atoms with Gasteiger partial charge in [-0.05, 0) is 37.6 Å². The van der Waals surface area contributed by atoms with Crippen molar-refractivity contribution in [3.05, 3.63) is 48.5 Å². The second-order valence-corrected chi connectivity index (χ2v) is 4.42. The van der Waals surface area contributed by atoms with E-state index in [9.17, 15) is 0 Å². The van der Waals surface area contributed by atoms with Gasteiger partial charge >= 0.3 is 0 Å². The smallest absolute Gasteiger partial charge is 0.126 e. The molecule has 0 saturated heterocycles. The number of ether oxygens (including phenoxy) is 1. The van der Waals surface area contributed by atoms with Crippen molar-refractivity contribution in [3.63, 3.8) is 0 Å². The summed E-state index contributed by atoms with van der Waals surface area (Å²) in [6.07, 6.45) is 0. The van der Waals surface area contributed by atoms with Gasteiger partial charge in [-0.3, -0.25) is 0 Å². The maximum absolute atomic E-state index is 5.44. The van der Waals surface area contributed by atoms with Crippen molar-refractivity contribution < 1.29 is 4.74 Å². The van der Waals surface area contributed by atoms with E-state index in [-0.39, 0.29) is 0 Å². The van der Waals surface area contributed by atoms with Crippen molar-refractivity contribution in [3.8, 4) is 16.9 Å². The topological polar surface area (TPSA) is 12.5 Å². The Morgan fingerprint density at radius 1 is 0.947 bits per heavy atom. The first kappa shape index (κ1) is 13.5. The molecule has 0 N–H and O–H groups in total. The number of benzene rings is 2. The number of hydrogen-bond acceptors (Lipinski definition) is 2. The summed E-state index contributed by atoms with van der Waals surface area (Å²) in [6.45, 7) is 6.40. The molecule has 2 heteroatoms. The van der Waals surface area contributed by atoms with Crippen molar-refractivity contribution in [2.45, 2.75) is 13.8 Å². The van der Waals surface area contributed by atoms with Crippen LogP contribution in [0.4, 0.5) is 5.69 Å². The van der Waals surface area contributed by atoms with Crippen LogP contribution in [0.1, 0.15) is 13.8 Å². The Bertz CT molecular complexity index is 532. The van der Waals surface area contributed by atoms with E-state index in [1.54, 1.807) is 7.11 Å². The lowest BCUT2D eigenvalue weighted by Gasteiger charge is -2.21. The molecule has 0 amide bonds. The Labute approximate surface area is 115 Å². The summed E-state index contributed by atoms with van der Waals surface area (Å²) in [5.74, 6) is 0.916. The van der Waals surface area contributed by atoms with Crippen LogP contribution in [-0.4, -0.2) is 20.2 Å². The molecule has 2 aromatic rings. The Kier molecular flexibility index (Phi) is 4.45. The monoisotopic (exact) mass is 255 g/mol. The second-order valence-electron chi connectivity index (χ2n) is 4.42. The van der Waals surface area contributed by atoms with Gasteiger partial charge in [-0.15, -0.1) is 0 Å². The van der Waals surface area contributed by atoms with Gasteiger partial charge in [0, 0.05) is 24.3 Å². The quantitative estimate of drug-likeness (QED) is 0.793. The van der Waals surface area contributed by atoms with E-state index in [4.69, 9.17) is 4.74 Å². The standard InChI is InChI=1S/C17H21NO/c1-4-18(5-2)15-10-8-9-14(13-15)16-11-6-7-12-17(16)19-3/h6-13H,4-5H2,1-3H3. The Balaban J connectivity index is 2.43. The lowest BCUT2D eigenvalue weighted by Crippen LogP contribution is -2.21. The number of para-hydroxylation sites is 1. The average molecular weight is 255 g/mol. The van der Waals surface area contributed by atoms with Gasteiger partial charge < -0.3 is 9.64 Å². The first-order valence-electron chi connectivity index (χ1n) is 6.78. The van der Waals surface area contributed by atoms with Crippen molar-refractivity contribution in [2.24, 2.45) is 0 Å². The van der Waals surface area contributed by atoms with Crippen molar-refractivity contribution in [1.29, 1.82) is 0 Å². The summed E-state index contributed by atoms with van der Waals surface area (Å²) in [5, 5.41) is 0. The molecule has 19 heavy (non-hydrogen) atoms. The molecule has 2 aromatic carbocycles. The molecule has 0 bridgehead atoms. The molecule has 0 unspecified atom stereocenters. The molecular weight excluding hydrogens is 234 g/mol. The molecule has 0 aliphatic rings. The molecule has 2 rings (SSSR count). The van der Waals surface area contributed by atoms with Gasteiger partial charge in [-0.2, -0.15) is 0 Å². The van der Waals surface area contributed by atoms with Gasteiger partial charge in [-0.25, -0.2) is 0 Å². The highest BCUT2D eigenvalue weighted by Crippen LogP contribution is 2.31. The van der Waals surface area contributed by atoms with Crippen LogP contribution in [0.15, 0.2) is 48.5 Å². The summed E-state index contributed by atoms with van der Waals surface area (Å²) in [6, 6.07) is 16.8. The van der Waals surface area contributed by atoms with Gasteiger partial charge in [-0.1, -0.05) is 30.3 Å². The predicted molar refractivity (Wildman–Crippen MR) is 82.0 cm³/mol. The Morgan fingerprint density at radius 3 is 2.37 bits per heavy atom. The third-order valence-electron chi connectivity index (χ3n) is 3.39. The van der Waals surface area contributed by atoms with E-state index < -0.39 is 0 Å². The zero-order chi connectivity index (χ0) is 13.7. The van der Waals surface area contributed by atoms with Gasteiger partial charge in [0.2, 0.25) is 0 Å². The molecule has 0 atom stereocenters. The lowest BCUT2D eigenvalue weighted by molar-refractivity contribution is 0.416. The van der Waals surface area contributed by atoms with E-state index in [2.05, 4.69) is 49.1 Å². The maximum Gasteiger partial charge on any atom is 0.126 e. The minimum absolute atomic E-state index is 0.916. The normalized spacial score (nSPS) is 10.3. The molecular formula is C17H21NO. The van der Waals surface area contributed by atoms with E-state index in [1.165, 1.54) is 11.3 Å². The molecule has 0 fully saturated rings. The summed E-state index contributed by atoms with van der Waals surface area (Å²) >= 11 is 0. The van der Waals surface area contributed by atoms with Crippen LogP contribution in [0.25, 0.3) is 11.1 Å². The summed E-state index contributed by atoms with van der Waals surface area (Å²) in [5.41, 5.74) is 3.59. The van der Waals surface area contributed by atoms with Crippen LogP contribution in [0.5, 0.6) is 5.75 Å². The maximum atomic E-state index is 5.44. The summed E-state index contributed by atoms with van der Waals surface area (Å²) in [7, 11) is 1.72. The van der Waals surface area contributed by atoms with E-state index in [0.717, 1.165) is 24.4 Å². The molecule has 0 aromatic heterocycles. The fourth-order valence-corrected chi connectivity index (χ4v) is 2.34. The first-order chi connectivity index (χ1) is 9.30. The fraction of sp³-hybridized carbons (Fsp3) is 0.294. The van der Waals surface area contributed by atoms with Gasteiger partial charge in [0.1, 0.15) is 5.75 Å². The van der Waals surface area contributed by atoms with Crippen LogP contribution in [0.2, 0.25) is 0 Å². The number of nitrogens with zero attached hydrogens (tertiary/aromatic N) is 1. The largest absolute Gasteiger partial charge is 0.496 e. The first-order valence-corrected chi connectivity index (χ1v) is 6.78. The number of rotatable bonds is 5. The number of hydrogen-bond donors (Lipinski definition) is 0. The zero-order valence-electron chi connectivity index (χ0n) is 11.9. The van der Waals surface area contributed by atoms with Crippen molar-refractivity contribution >= 4 is 5.69 Å². The van der Waals surface area contributed by atoms with Crippen molar-refractivity contribution in [2.75, 3.05) is 25.1 Å². The molecule has 100 valence electrons. The predicted octanol–water partition coefficient (Wildman–Crippen LogP) is 4.21. The Hall–Kier alpha value is -1.96. The van der Waals surface area contributed by atoms with Crippen LogP contribution in [0.3, 0.4) is 0 Å². The lowest BCUT2D eigenvalue weighted by atomic mass is 10.0. The van der Waals surface area contributed by atoms with Crippen LogP contribution in [-0.2, 0) is 0 Å². The molecule has 2 nitrogen and oxygen atoms in total. The fourth-order valence-electron chi connectivity index (χ4n) is 2.34. The number of anilines is 1.